The maximum atomic E-state index is 12.5. The number of carbonyl (C=O) groups is 2. The van der Waals surface area contributed by atoms with Gasteiger partial charge in [0.25, 0.3) is 7.82 Å². The van der Waals surface area contributed by atoms with Crippen molar-refractivity contribution in [3.05, 3.63) is 12.2 Å². The van der Waals surface area contributed by atoms with Crippen LogP contribution in [0.2, 0.25) is 0 Å². The number of likely N-dealkylation sites (N-methyl/N-ethyl adjacent to an activating group) is 1. The molecule has 2 atom stereocenters. The quantitative estimate of drug-likeness (QED) is 0.0216. The summed E-state index contributed by atoms with van der Waals surface area (Å²) in [6.45, 7) is 4.14. The Morgan fingerprint density at radius 1 is 0.638 bits per heavy atom. The van der Waals surface area contributed by atoms with Crippen LogP contribution in [0.4, 0.5) is 0 Å². The summed E-state index contributed by atoms with van der Waals surface area (Å²) in [7, 11) is 1.15. The van der Waals surface area contributed by atoms with Crippen LogP contribution in [0.15, 0.2) is 12.2 Å². The van der Waals surface area contributed by atoms with E-state index in [9.17, 15) is 19.0 Å². The molecule has 0 fully saturated rings. The molecule has 0 aliphatic rings. The zero-order valence-corrected chi connectivity index (χ0v) is 31.9. The molecule has 0 saturated carbocycles. The topological polar surface area (TPSA) is 111 Å². The number of phosphoric acid groups is 1. The number of ether oxygens (including phenoxy) is 2. The van der Waals surface area contributed by atoms with Gasteiger partial charge in [0.05, 0.1) is 27.7 Å². The molecule has 1 unspecified atom stereocenters. The van der Waals surface area contributed by atoms with Crippen molar-refractivity contribution in [2.45, 2.75) is 168 Å². The van der Waals surface area contributed by atoms with Crippen LogP contribution in [-0.2, 0) is 32.7 Å². The van der Waals surface area contributed by atoms with Gasteiger partial charge in [0.2, 0.25) is 0 Å². The van der Waals surface area contributed by atoms with Gasteiger partial charge in [-0.3, -0.25) is 14.2 Å². The number of quaternary nitrogens is 1. The van der Waals surface area contributed by atoms with Crippen molar-refractivity contribution >= 4 is 19.8 Å². The SMILES string of the molecule is CCCCCCCCCCCCC/C=C/CCC(=O)O[C@H](COC(=O)CCCCCCCCCC)COP(=O)([O-])OCC[N+](C)(C)C. The number of rotatable bonds is 34. The number of esters is 2. The average molecular weight is 690 g/mol. The van der Waals surface area contributed by atoms with Crippen molar-refractivity contribution in [2.24, 2.45) is 0 Å². The van der Waals surface area contributed by atoms with Gasteiger partial charge in [-0.05, 0) is 25.7 Å². The average Bonchev–Trinajstić information content (AvgIpc) is 3.01. The van der Waals surface area contributed by atoms with Gasteiger partial charge in [-0.25, -0.2) is 0 Å². The number of nitrogens with zero attached hydrogens (tertiary/aromatic N) is 1. The van der Waals surface area contributed by atoms with E-state index in [2.05, 4.69) is 19.9 Å². The maximum Gasteiger partial charge on any atom is 0.306 e. The van der Waals surface area contributed by atoms with Crippen molar-refractivity contribution in [1.82, 2.24) is 0 Å². The van der Waals surface area contributed by atoms with E-state index in [-0.39, 0.29) is 26.1 Å². The molecular formula is C37H72NO8P. The van der Waals surface area contributed by atoms with E-state index < -0.39 is 32.5 Å². The summed E-state index contributed by atoms with van der Waals surface area (Å²) in [5.74, 6) is -0.893. The molecule has 0 aromatic carbocycles. The highest BCUT2D eigenvalue weighted by molar-refractivity contribution is 7.45. The minimum absolute atomic E-state index is 0.0339. The van der Waals surface area contributed by atoms with Crippen molar-refractivity contribution in [2.75, 3.05) is 47.5 Å². The molecule has 0 saturated heterocycles. The Hall–Kier alpha value is -1.25. The highest BCUT2D eigenvalue weighted by Crippen LogP contribution is 2.38. The summed E-state index contributed by atoms with van der Waals surface area (Å²) in [5.41, 5.74) is 0. The second kappa shape index (κ2) is 30.8. The maximum absolute atomic E-state index is 12.5. The monoisotopic (exact) mass is 689 g/mol. The van der Waals surface area contributed by atoms with Crippen LogP contribution in [0.3, 0.4) is 0 Å². The number of phosphoric ester groups is 1. The lowest BCUT2D eigenvalue weighted by Gasteiger charge is -2.28. The second-order valence-corrected chi connectivity index (χ2v) is 15.4. The predicted octanol–water partition coefficient (Wildman–Crippen LogP) is 9.22. The van der Waals surface area contributed by atoms with Crippen LogP contribution in [0, 0.1) is 0 Å². The normalized spacial score (nSPS) is 13.9. The van der Waals surface area contributed by atoms with E-state index in [4.69, 9.17) is 18.5 Å². The van der Waals surface area contributed by atoms with Crippen LogP contribution >= 0.6 is 7.82 Å². The fraction of sp³-hybridized carbons (Fsp3) is 0.892. The molecular weight excluding hydrogens is 617 g/mol. The van der Waals surface area contributed by atoms with Gasteiger partial charge < -0.3 is 27.9 Å². The van der Waals surface area contributed by atoms with Crippen molar-refractivity contribution < 1.29 is 42.1 Å². The number of hydrogen-bond donors (Lipinski definition) is 0. The fourth-order valence-corrected chi connectivity index (χ4v) is 5.75. The minimum atomic E-state index is -4.62. The summed E-state index contributed by atoms with van der Waals surface area (Å²) < 4.78 is 33.6. The Bertz CT molecular complexity index is 830. The van der Waals surface area contributed by atoms with E-state index >= 15 is 0 Å². The molecule has 0 aromatic rings. The third-order valence-corrected chi connectivity index (χ3v) is 9.01. The molecule has 0 rings (SSSR count). The van der Waals surface area contributed by atoms with Crippen LogP contribution < -0.4 is 4.89 Å². The van der Waals surface area contributed by atoms with Gasteiger partial charge in [0.15, 0.2) is 6.10 Å². The third kappa shape index (κ3) is 34.4. The number of unbranched alkanes of at least 4 members (excludes halogenated alkanes) is 18. The van der Waals surface area contributed by atoms with Gasteiger partial charge in [-0.1, -0.05) is 135 Å². The molecule has 278 valence electrons. The Balaban J connectivity index is 4.45. The van der Waals surface area contributed by atoms with E-state index in [1.54, 1.807) is 0 Å². The molecule has 0 spiro atoms. The first-order valence-electron chi connectivity index (χ1n) is 18.9. The van der Waals surface area contributed by atoms with E-state index in [0.29, 0.717) is 17.4 Å². The van der Waals surface area contributed by atoms with Gasteiger partial charge in [0, 0.05) is 12.8 Å². The van der Waals surface area contributed by atoms with Crippen LogP contribution in [0.25, 0.3) is 0 Å². The molecule has 0 N–H and O–H groups in total. The molecule has 0 amide bonds. The minimum Gasteiger partial charge on any atom is -0.756 e. The van der Waals surface area contributed by atoms with Gasteiger partial charge >= 0.3 is 11.9 Å². The lowest BCUT2D eigenvalue weighted by Crippen LogP contribution is -2.37. The molecule has 0 aromatic heterocycles. The number of allylic oxidation sites excluding steroid dienone is 2. The van der Waals surface area contributed by atoms with E-state index in [1.165, 1.54) is 96.3 Å². The molecule has 0 radical (unpaired) electrons. The Morgan fingerprint density at radius 3 is 1.66 bits per heavy atom. The summed E-state index contributed by atoms with van der Waals surface area (Å²) in [6, 6.07) is 0. The van der Waals surface area contributed by atoms with E-state index in [1.807, 2.05) is 27.2 Å². The first kappa shape index (κ1) is 45.8. The summed E-state index contributed by atoms with van der Waals surface area (Å²) in [5, 5.41) is 0. The number of carbonyl (C=O) groups excluding carboxylic acids is 2. The lowest BCUT2D eigenvalue weighted by atomic mass is 10.1. The summed E-state index contributed by atoms with van der Waals surface area (Å²) in [6.07, 6.45) is 28.3. The third-order valence-electron chi connectivity index (χ3n) is 8.05. The number of hydrogen-bond acceptors (Lipinski definition) is 8. The molecule has 47 heavy (non-hydrogen) atoms. The van der Waals surface area contributed by atoms with Gasteiger partial charge in [-0.2, -0.15) is 0 Å². The molecule has 0 aliphatic heterocycles. The first-order valence-corrected chi connectivity index (χ1v) is 20.4. The van der Waals surface area contributed by atoms with Crippen LogP contribution in [0.5, 0.6) is 0 Å². The molecule has 0 bridgehead atoms. The molecule has 0 aliphatic carbocycles. The Kier molecular flexibility index (Phi) is 30.0. The second-order valence-electron chi connectivity index (χ2n) is 13.9. The van der Waals surface area contributed by atoms with Crippen molar-refractivity contribution in [3.8, 4) is 0 Å². The predicted molar refractivity (Wildman–Crippen MR) is 190 cm³/mol. The van der Waals surface area contributed by atoms with Crippen LogP contribution in [0.1, 0.15) is 162 Å². The first-order chi connectivity index (χ1) is 22.5. The lowest BCUT2D eigenvalue weighted by molar-refractivity contribution is -0.870. The largest absolute Gasteiger partial charge is 0.756 e. The smallest absolute Gasteiger partial charge is 0.306 e. The molecule has 9 nitrogen and oxygen atoms in total. The zero-order chi connectivity index (χ0) is 35.1. The summed E-state index contributed by atoms with van der Waals surface area (Å²) >= 11 is 0. The van der Waals surface area contributed by atoms with E-state index in [0.717, 1.165) is 32.1 Å². The zero-order valence-electron chi connectivity index (χ0n) is 31.0. The van der Waals surface area contributed by atoms with Gasteiger partial charge in [0.1, 0.15) is 19.8 Å². The Labute approximate surface area is 288 Å². The highest BCUT2D eigenvalue weighted by Gasteiger charge is 2.21. The molecule has 10 heteroatoms. The van der Waals surface area contributed by atoms with Crippen molar-refractivity contribution in [1.29, 1.82) is 0 Å². The van der Waals surface area contributed by atoms with Gasteiger partial charge in [-0.15, -0.1) is 0 Å². The highest BCUT2D eigenvalue weighted by atomic mass is 31.2. The molecule has 0 heterocycles. The van der Waals surface area contributed by atoms with Crippen LogP contribution in [-0.4, -0.2) is 70.0 Å². The Morgan fingerprint density at radius 2 is 1.13 bits per heavy atom. The summed E-state index contributed by atoms with van der Waals surface area (Å²) in [4.78, 5) is 37.1. The van der Waals surface area contributed by atoms with Crippen molar-refractivity contribution in [3.63, 3.8) is 0 Å². The fourth-order valence-electron chi connectivity index (χ4n) is 5.02. The standard InChI is InChI=1S/C37H72NO8P/c1-6-8-10-12-14-16-17-18-19-20-21-22-24-26-28-30-37(40)46-35(34-45-47(41,42)44-32-31-38(3,4)5)33-43-36(39)29-27-25-23-15-13-11-9-7-2/h24,26,35H,6-23,25,27-34H2,1-5H3/b26-24+/t35-/m1/s1.